The summed E-state index contributed by atoms with van der Waals surface area (Å²) in [6.07, 6.45) is 2.26. The Bertz CT molecular complexity index is 296. The van der Waals surface area contributed by atoms with E-state index in [-0.39, 0.29) is 11.9 Å². The minimum Gasteiger partial charge on any atom is -0.379 e. The summed E-state index contributed by atoms with van der Waals surface area (Å²) < 4.78 is 5.18. The van der Waals surface area contributed by atoms with E-state index in [9.17, 15) is 4.79 Å². The van der Waals surface area contributed by atoms with Gasteiger partial charge >= 0.3 is 0 Å². The summed E-state index contributed by atoms with van der Waals surface area (Å²) in [7, 11) is 0. The van der Waals surface area contributed by atoms with Crippen LogP contribution in [0.1, 0.15) is 26.2 Å². The fourth-order valence-corrected chi connectivity index (χ4v) is 2.43. The van der Waals surface area contributed by atoms with E-state index in [1.807, 2.05) is 0 Å². The molecule has 1 saturated heterocycles. The van der Waals surface area contributed by atoms with Gasteiger partial charge in [-0.05, 0) is 25.2 Å². The van der Waals surface area contributed by atoms with Crippen LogP contribution in [0.3, 0.4) is 0 Å². The summed E-state index contributed by atoms with van der Waals surface area (Å²) in [6, 6.07) is 2.28. The number of carbonyl (C=O) groups excluding carboxylic acids is 1. The van der Waals surface area contributed by atoms with Crippen molar-refractivity contribution in [3.63, 3.8) is 0 Å². The van der Waals surface area contributed by atoms with E-state index in [4.69, 9.17) is 10.00 Å². The Labute approximate surface area is 89.6 Å². The van der Waals surface area contributed by atoms with Crippen molar-refractivity contribution in [3.05, 3.63) is 0 Å². The molecule has 1 aliphatic carbocycles. The SMILES string of the molecule is CC1CC(C#N)(C(=O)NC2CCOC2)C1. The Kier molecular flexibility index (Phi) is 2.66. The number of ether oxygens (including phenoxy) is 1. The third kappa shape index (κ3) is 1.84. The van der Waals surface area contributed by atoms with Gasteiger partial charge in [-0.25, -0.2) is 0 Å². The van der Waals surface area contributed by atoms with Gasteiger partial charge in [0.1, 0.15) is 5.41 Å². The summed E-state index contributed by atoms with van der Waals surface area (Å²) in [4.78, 5) is 11.9. The molecule has 1 amide bonds. The van der Waals surface area contributed by atoms with Crippen molar-refractivity contribution < 1.29 is 9.53 Å². The molecule has 0 aromatic carbocycles. The molecule has 1 aliphatic heterocycles. The minimum atomic E-state index is -0.748. The van der Waals surface area contributed by atoms with Gasteiger partial charge in [0.05, 0.1) is 18.7 Å². The summed E-state index contributed by atoms with van der Waals surface area (Å²) in [5.74, 6) is 0.397. The molecule has 4 heteroatoms. The molecule has 2 fully saturated rings. The first kappa shape index (κ1) is 10.4. The highest BCUT2D eigenvalue weighted by Crippen LogP contribution is 2.45. The Morgan fingerprint density at radius 1 is 1.60 bits per heavy atom. The van der Waals surface area contributed by atoms with Gasteiger partial charge in [-0.2, -0.15) is 5.26 Å². The molecule has 1 unspecified atom stereocenters. The van der Waals surface area contributed by atoms with Crippen LogP contribution in [-0.2, 0) is 9.53 Å². The molecule has 15 heavy (non-hydrogen) atoms. The minimum absolute atomic E-state index is 0.0985. The van der Waals surface area contributed by atoms with Crippen LogP contribution in [0.25, 0.3) is 0 Å². The number of amides is 1. The van der Waals surface area contributed by atoms with Crippen molar-refractivity contribution in [1.29, 1.82) is 5.26 Å². The molecule has 1 N–H and O–H groups in total. The first-order valence-electron chi connectivity index (χ1n) is 5.46. The van der Waals surface area contributed by atoms with Crippen molar-refractivity contribution >= 4 is 5.91 Å². The van der Waals surface area contributed by atoms with Crippen LogP contribution >= 0.6 is 0 Å². The van der Waals surface area contributed by atoms with Crippen molar-refractivity contribution in [2.75, 3.05) is 13.2 Å². The largest absolute Gasteiger partial charge is 0.379 e. The maximum absolute atomic E-state index is 11.9. The van der Waals surface area contributed by atoms with Crippen molar-refractivity contribution in [2.24, 2.45) is 11.3 Å². The van der Waals surface area contributed by atoms with Gasteiger partial charge in [0, 0.05) is 6.61 Å². The van der Waals surface area contributed by atoms with Crippen LogP contribution in [0.5, 0.6) is 0 Å². The number of rotatable bonds is 2. The smallest absolute Gasteiger partial charge is 0.240 e. The van der Waals surface area contributed by atoms with Gasteiger partial charge in [-0.1, -0.05) is 6.92 Å². The predicted octanol–water partition coefficient (Wildman–Crippen LogP) is 0.831. The van der Waals surface area contributed by atoms with Crippen LogP contribution < -0.4 is 5.32 Å². The molecule has 2 aliphatic rings. The second-order valence-electron chi connectivity index (χ2n) is 4.74. The van der Waals surface area contributed by atoms with E-state index >= 15 is 0 Å². The van der Waals surface area contributed by atoms with E-state index in [0.29, 0.717) is 32.0 Å². The lowest BCUT2D eigenvalue weighted by Gasteiger charge is -2.39. The molecule has 4 nitrogen and oxygen atoms in total. The van der Waals surface area contributed by atoms with Crippen LogP contribution in [0, 0.1) is 22.7 Å². The number of hydrogen-bond acceptors (Lipinski definition) is 3. The zero-order chi connectivity index (χ0) is 10.9. The van der Waals surface area contributed by atoms with Gasteiger partial charge in [0.25, 0.3) is 0 Å². The predicted molar refractivity (Wildman–Crippen MR) is 53.8 cm³/mol. The lowest BCUT2D eigenvalue weighted by molar-refractivity contribution is -0.134. The van der Waals surface area contributed by atoms with E-state index < -0.39 is 5.41 Å². The standard InChI is InChI=1S/C11H16N2O2/c1-8-4-11(5-8,7-12)10(14)13-9-2-3-15-6-9/h8-9H,2-6H2,1H3,(H,13,14). The van der Waals surface area contributed by atoms with Crippen LogP contribution in [0.4, 0.5) is 0 Å². The third-order valence-electron chi connectivity index (χ3n) is 3.31. The van der Waals surface area contributed by atoms with Gasteiger partial charge < -0.3 is 10.1 Å². The third-order valence-corrected chi connectivity index (χ3v) is 3.31. The van der Waals surface area contributed by atoms with Gasteiger partial charge in [-0.3, -0.25) is 4.79 Å². The molecule has 0 aromatic rings. The van der Waals surface area contributed by atoms with Gasteiger partial charge in [-0.15, -0.1) is 0 Å². The second-order valence-corrected chi connectivity index (χ2v) is 4.74. The van der Waals surface area contributed by atoms with E-state index in [0.717, 1.165) is 6.42 Å². The highest BCUT2D eigenvalue weighted by Gasteiger charge is 2.49. The second kappa shape index (κ2) is 3.82. The zero-order valence-electron chi connectivity index (χ0n) is 8.95. The number of nitrogens with one attached hydrogen (secondary N) is 1. The van der Waals surface area contributed by atoms with Crippen molar-refractivity contribution in [1.82, 2.24) is 5.32 Å². The Balaban J connectivity index is 1.92. The van der Waals surface area contributed by atoms with Crippen LogP contribution in [0.2, 0.25) is 0 Å². The number of carbonyl (C=O) groups is 1. The average Bonchev–Trinajstić information content (AvgIpc) is 2.64. The number of nitrogens with zero attached hydrogens (tertiary/aromatic N) is 1. The summed E-state index contributed by atoms with van der Waals surface area (Å²) in [6.45, 7) is 3.37. The van der Waals surface area contributed by atoms with Crippen molar-refractivity contribution in [2.45, 2.75) is 32.2 Å². The molecule has 0 bridgehead atoms. The highest BCUT2D eigenvalue weighted by atomic mass is 16.5. The Morgan fingerprint density at radius 2 is 2.33 bits per heavy atom. The van der Waals surface area contributed by atoms with E-state index in [1.165, 1.54) is 0 Å². The maximum Gasteiger partial charge on any atom is 0.240 e. The van der Waals surface area contributed by atoms with E-state index in [1.54, 1.807) is 0 Å². The molecule has 1 saturated carbocycles. The Hall–Kier alpha value is -1.08. The quantitative estimate of drug-likeness (QED) is 0.731. The lowest BCUT2D eigenvalue weighted by Crippen LogP contribution is -2.51. The van der Waals surface area contributed by atoms with Gasteiger partial charge in [0.15, 0.2) is 0 Å². The maximum atomic E-state index is 11.9. The molecule has 0 radical (unpaired) electrons. The molecular weight excluding hydrogens is 192 g/mol. The van der Waals surface area contributed by atoms with E-state index in [2.05, 4.69) is 18.3 Å². The molecule has 2 rings (SSSR count). The zero-order valence-corrected chi connectivity index (χ0v) is 8.95. The fraction of sp³-hybridized carbons (Fsp3) is 0.818. The molecule has 82 valence electrons. The first-order chi connectivity index (χ1) is 7.16. The van der Waals surface area contributed by atoms with Gasteiger partial charge in [0.2, 0.25) is 5.91 Å². The molecule has 0 aromatic heterocycles. The number of hydrogen-bond donors (Lipinski definition) is 1. The van der Waals surface area contributed by atoms with Crippen molar-refractivity contribution in [3.8, 4) is 6.07 Å². The first-order valence-corrected chi connectivity index (χ1v) is 5.46. The average molecular weight is 208 g/mol. The van der Waals surface area contributed by atoms with Crippen LogP contribution in [0.15, 0.2) is 0 Å². The number of nitriles is 1. The summed E-state index contributed by atoms with van der Waals surface area (Å²) >= 11 is 0. The summed E-state index contributed by atoms with van der Waals surface area (Å²) in [5.41, 5.74) is -0.748. The highest BCUT2D eigenvalue weighted by molar-refractivity contribution is 5.86. The fourth-order valence-electron chi connectivity index (χ4n) is 2.43. The normalized spacial score (nSPS) is 39.2. The monoisotopic (exact) mass is 208 g/mol. The summed E-state index contributed by atoms with van der Waals surface area (Å²) in [5, 5.41) is 12.0. The van der Waals surface area contributed by atoms with Crippen LogP contribution in [-0.4, -0.2) is 25.2 Å². The molecular formula is C11H16N2O2. The Morgan fingerprint density at radius 3 is 2.80 bits per heavy atom. The molecule has 0 spiro atoms. The molecule has 1 atom stereocenters. The topological polar surface area (TPSA) is 62.1 Å². The molecule has 1 heterocycles. The lowest BCUT2D eigenvalue weighted by atomic mass is 9.63.